The minimum Gasteiger partial charge on any atom is -0.309 e. The average molecular weight is 395 g/mol. The molecular formula is C12H13Br2NS2. The van der Waals surface area contributed by atoms with Gasteiger partial charge in [0.2, 0.25) is 0 Å². The Labute approximate surface area is 127 Å². The van der Waals surface area contributed by atoms with E-state index in [1.165, 1.54) is 28.5 Å². The van der Waals surface area contributed by atoms with E-state index >= 15 is 0 Å². The van der Waals surface area contributed by atoms with Gasteiger partial charge in [0.25, 0.3) is 0 Å². The Morgan fingerprint density at radius 1 is 1.18 bits per heavy atom. The van der Waals surface area contributed by atoms with Gasteiger partial charge in [-0.15, -0.1) is 22.7 Å². The number of halogens is 2. The standard InChI is InChI=1S/C12H13Br2NS2/c1-6-4-9(17-12(6)14)11(15-3)8-5-10(13)16-7(8)2/h4-5,11,15H,1-3H3. The van der Waals surface area contributed by atoms with Crippen molar-refractivity contribution in [3.05, 3.63) is 40.6 Å². The lowest BCUT2D eigenvalue weighted by molar-refractivity contribution is 0.702. The quantitative estimate of drug-likeness (QED) is 0.748. The maximum atomic E-state index is 3.59. The molecule has 0 aromatic carbocycles. The fourth-order valence-electron chi connectivity index (χ4n) is 1.82. The Balaban J connectivity index is 2.43. The first-order valence-electron chi connectivity index (χ1n) is 5.22. The lowest BCUT2D eigenvalue weighted by atomic mass is 10.1. The van der Waals surface area contributed by atoms with Crippen molar-refractivity contribution in [2.24, 2.45) is 0 Å². The van der Waals surface area contributed by atoms with E-state index in [0.717, 1.165) is 0 Å². The molecule has 1 unspecified atom stereocenters. The predicted octanol–water partition coefficient (Wildman–Crippen LogP) is 5.26. The van der Waals surface area contributed by atoms with E-state index in [2.05, 4.69) is 63.2 Å². The van der Waals surface area contributed by atoms with Gasteiger partial charge in [0.1, 0.15) is 0 Å². The average Bonchev–Trinajstić information content (AvgIpc) is 2.74. The SMILES string of the molecule is CNC(c1cc(C)c(Br)s1)c1cc(Br)sc1C. The summed E-state index contributed by atoms with van der Waals surface area (Å²) in [5.41, 5.74) is 2.66. The van der Waals surface area contributed by atoms with E-state index in [-0.39, 0.29) is 6.04 Å². The van der Waals surface area contributed by atoms with Crippen LogP contribution >= 0.6 is 54.5 Å². The summed E-state index contributed by atoms with van der Waals surface area (Å²) in [5.74, 6) is 0. The minimum absolute atomic E-state index is 0.285. The van der Waals surface area contributed by atoms with Gasteiger partial charge in [0.05, 0.1) is 13.6 Å². The summed E-state index contributed by atoms with van der Waals surface area (Å²) in [6.07, 6.45) is 0. The molecule has 1 atom stereocenters. The van der Waals surface area contributed by atoms with Crippen LogP contribution in [0.1, 0.15) is 26.9 Å². The second-order valence-corrected chi connectivity index (χ2v) is 8.93. The van der Waals surface area contributed by atoms with Gasteiger partial charge in [-0.3, -0.25) is 0 Å². The predicted molar refractivity (Wildman–Crippen MR) is 84.4 cm³/mol. The Kier molecular flexibility index (Phi) is 4.47. The summed E-state index contributed by atoms with van der Waals surface area (Å²) in [6.45, 7) is 4.30. The maximum Gasteiger partial charge on any atom is 0.0731 e. The van der Waals surface area contributed by atoms with Gasteiger partial charge in [0, 0.05) is 9.75 Å². The zero-order valence-corrected chi connectivity index (χ0v) is 14.6. The highest BCUT2D eigenvalue weighted by molar-refractivity contribution is 9.11. The van der Waals surface area contributed by atoms with Crippen LogP contribution in [0.5, 0.6) is 0 Å². The molecule has 2 aromatic rings. The molecule has 0 aliphatic heterocycles. The van der Waals surface area contributed by atoms with Crippen molar-refractivity contribution in [1.82, 2.24) is 5.32 Å². The molecule has 0 spiro atoms. The third-order valence-electron chi connectivity index (χ3n) is 2.69. The van der Waals surface area contributed by atoms with Gasteiger partial charge in [-0.1, -0.05) is 0 Å². The largest absolute Gasteiger partial charge is 0.309 e. The lowest BCUT2D eigenvalue weighted by Crippen LogP contribution is -2.16. The molecule has 2 rings (SSSR count). The van der Waals surface area contributed by atoms with Crippen LogP contribution in [0.4, 0.5) is 0 Å². The molecule has 1 N–H and O–H groups in total. The second-order valence-electron chi connectivity index (χ2n) is 3.89. The van der Waals surface area contributed by atoms with Gasteiger partial charge in [-0.05, 0) is 76.0 Å². The molecule has 0 aliphatic rings. The fourth-order valence-corrected chi connectivity index (χ4v) is 5.27. The van der Waals surface area contributed by atoms with Gasteiger partial charge in [-0.2, -0.15) is 0 Å². The maximum absolute atomic E-state index is 3.59. The van der Waals surface area contributed by atoms with Crippen LogP contribution < -0.4 is 5.32 Å². The number of hydrogen-bond donors (Lipinski definition) is 1. The molecule has 0 amide bonds. The molecular weight excluding hydrogens is 382 g/mol. The Bertz CT molecular complexity index is 511. The Morgan fingerprint density at radius 3 is 2.29 bits per heavy atom. The summed E-state index contributed by atoms with van der Waals surface area (Å²) in [6, 6.07) is 4.75. The highest BCUT2D eigenvalue weighted by atomic mass is 79.9. The Hall–Kier alpha value is 0.320. The van der Waals surface area contributed by atoms with Crippen molar-refractivity contribution in [3.8, 4) is 0 Å². The van der Waals surface area contributed by atoms with E-state index in [0.29, 0.717) is 0 Å². The molecule has 0 saturated carbocycles. The molecule has 0 saturated heterocycles. The third kappa shape index (κ3) is 2.84. The third-order valence-corrected chi connectivity index (χ3v) is 6.46. The van der Waals surface area contributed by atoms with E-state index < -0.39 is 0 Å². The number of hydrogen-bond acceptors (Lipinski definition) is 3. The van der Waals surface area contributed by atoms with Crippen LogP contribution in [0.2, 0.25) is 0 Å². The zero-order chi connectivity index (χ0) is 12.6. The molecule has 2 aromatic heterocycles. The topological polar surface area (TPSA) is 12.0 Å². The molecule has 2 heterocycles. The first-order chi connectivity index (χ1) is 8.02. The number of nitrogens with one attached hydrogen (secondary N) is 1. The van der Waals surface area contributed by atoms with E-state index in [1.807, 2.05) is 7.05 Å². The van der Waals surface area contributed by atoms with Crippen molar-refractivity contribution in [1.29, 1.82) is 0 Å². The highest BCUT2D eigenvalue weighted by Gasteiger charge is 2.19. The van der Waals surface area contributed by atoms with Crippen molar-refractivity contribution in [2.45, 2.75) is 19.9 Å². The van der Waals surface area contributed by atoms with Crippen molar-refractivity contribution < 1.29 is 0 Å². The number of rotatable bonds is 3. The second kappa shape index (κ2) is 5.53. The highest BCUT2D eigenvalue weighted by Crippen LogP contribution is 2.38. The van der Waals surface area contributed by atoms with E-state index in [1.54, 1.807) is 22.7 Å². The van der Waals surface area contributed by atoms with Crippen molar-refractivity contribution in [2.75, 3.05) is 7.05 Å². The Morgan fingerprint density at radius 2 is 1.88 bits per heavy atom. The zero-order valence-electron chi connectivity index (χ0n) is 9.80. The van der Waals surface area contributed by atoms with Crippen molar-refractivity contribution in [3.63, 3.8) is 0 Å². The summed E-state index contributed by atoms with van der Waals surface area (Å²) in [5, 5.41) is 3.40. The number of aryl methyl sites for hydroxylation is 2. The van der Waals surface area contributed by atoms with E-state index in [9.17, 15) is 0 Å². The normalized spacial score (nSPS) is 13.0. The monoisotopic (exact) mass is 393 g/mol. The molecule has 0 fully saturated rings. The summed E-state index contributed by atoms with van der Waals surface area (Å²) < 4.78 is 2.41. The van der Waals surface area contributed by atoms with Crippen LogP contribution in [0.15, 0.2) is 19.7 Å². The molecule has 17 heavy (non-hydrogen) atoms. The lowest BCUT2D eigenvalue weighted by Gasteiger charge is -2.14. The minimum atomic E-state index is 0.285. The number of thiophene rings is 2. The van der Waals surface area contributed by atoms with Crippen LogP contribution in [-0.4, -0.2) is 7.05 Å². The van der Waals surface area contributed by atoms with Crippen LogP contribution in [0.3, 0.4) is 0 Å². The summed E-state index contributed by atoms with van der Waals surface area (Å²) in [7, 11) is 2.01. The van der Waals surface area contributed by atoms with Crippen LogP contribution in [0, 0.1) is 13.8 Å². The fraction of sp³-hybridized carbons (Fsp3) is 0.333. The summed E-state index contributed by atoms with van der Waals surface area (Å²) in [4.78, 5) is 2.71. The van der Waals surface area contributed by atoms with E-state index in [4.69, 9.17) is 0 Å². The van der Waals surface area contributed by atoms with Gasteiger partial charge < -0.3 is 5.32 Å². The molecule has 0 bridgehead atoms. The molecule has 5 heteroatoms. The van der Waals surface area contributed by atoms with Gasteiger partial charge >= 0.3 is 0 Å². The van der Waals surface area contributed by atoms with Crippen molar-refractivity contribution >= 4 is 54.5 Å². The summed E-state index contributed by atoms with van der Waals surface area (Å²) >= 11 is 10.7. The molecule has 0 aliphatic carbocycles. The first kappa shape index (κ1) is 13.7. The van der Waals surface area contributed by atoms with Crippen LogP contribution in [0.25, 0.3) is 0 Å². The van der Waals surface area contributed by atoms with Crippen LogP contribution in [-0.2, 0) is 0 Å². The first-order valence-corrected chi connectivity index (χ1v) is 8.43. The smallest absolute Gasteiger partial charge is 0.0731 e. The molecule has 92 valence electrons. The molecule has 0 radical (unpaired) electrons. The van der Waals surface area contributed by atoms with Gasteiger partial charge in [-0.25, -0.2) is 0 Å². The van der Waals surface area contributed by atoms with Gasteiger partial charge in [0.15, 0.2) is 0 Å². The molecule has 1 nitrogen and oxygen atoms in total.